The van der Waals surface area contributed by atoms with Gasteiger partial charge in [0.15, 0.2) is 9.84 Å². The zero-order chi connectivity index (χ0) is 22.7. The number of hydrogen-bond donors (Lipinski definition) is 1. The third-order valence-corrected chi connectivity index (χ3v) is 6.95. The Bertz CT molecular complexity index is 1320. The molecule has 4 rings (SSSR count). The van der Waals surface area contributed by atoms with Gasteiger partial charge >= 0.3 is 0 Å². The van der Waals surface area contributed by atoms with Crippen LogP contribution in [0.25, 0.3) is 34.4 Å². The molecule has 4 aromatic rings. The maximum absolute atomic E-state index is 12.3. The Balaban J connectivity index is 1.59. The molecule has 1 aromatic carbocycles. The summed E-state index contributed by atoms with van der Waals surface area (Å²) >= 11 is 0. The van der Waals surface area contributed by atoms with Crippen LogP contribution in [0.15, 0.2) is 64.3 Å². The average molecular weight is 451 g/mol. The first kappa shape index (κ1) is 21.7. The SMILES string of the molecule is CNCc1ccc(-c2nnc(-c3cncc(-c4ccc(S(=O)(=O)C(C)C)cn4)n3)o2)cc1. The zero-order valence-corrected chi connectivity index (χ0v) is 18.7. The lowest BCUT2D eigenvalue weighted by atomic mass is 10.1. The minimum absolute atomic E-state index is 0.169. The molecule has 3 aromatic heterocycles. The fraction of sp³-hybridized carbons (Fsp3) is 0.227. The van der Waals surface area contributed by atoms with E-state index in [2.05, 4.69) is 30.5 Å². The molecule has 0 bridgehead atoms. The Morgan fingerprint density at radius 2 is 1.62 bits per heavy atom. The average Bonchev–Trinajstić information content (AvgIpc) is 3.30. The number of benzene rings is 1. The summed E-state index contributed by atoms with van der Waals surface area (Å²) in [5, 5.41) is 10.8. The van der Waals surface area contributed by atoms with Gasteiger partial charge in [-0.2, -0.15) is 0 Å². The molecule has 0 radical (unpaired) electrons. The first-order valence-electron chi connectivity index (χ1n) is 9.98. The third-order valence-electron chi connectivity index (χ3n) is 4.81. The van der Waals surface area contributed by atoms with Crippen molar-refractivity contribution in [3.05, 3.63) is 60.6 Å². The largest absolute Gasteiger partial charge is 0.415 e. The summed E-state index contributed by atoms with van der Waals surface area (Å²) in [6.07, 6.45) is 4.40. The number of aromatic nitrogens is 5. The summed E-state index contributed by atoms with van der Waals surface area (Å²) in [6, 6.07) is 10.9. The van der Waals surface area contributed by atoms with Crippen molar-refractivity contribution in [1.82, 2.24) is 30.5 Å². The van der Waals surface area contributed by atoms with E-state index >= 15 is 0 Å². The molecule has 32 heavy (non-hydrogen) atoms. The highest BCUT2D eigenvalue weighted by Crippen LogP contribution is 2.25. The normalized spacial score (nSPS) is 11.8. The van der Waals surface area contributed by atoms with Crippen LogP contribution in [0, 0.1) is 0 Å². The van der Waals surface area contributed by atoms with E-state index < -0.39 is 15.1 Å². The number of sulfone groups is 1. The van der Waals surface area contributed by atoms with Crippen molar-refractivity contribution >= 4 is 9.84 Å². The molecule has 0 saturated heterocycles. The van der Waals surface area contributed by atoms with Crippen LogP contribution in [0.3, 0.4) is 0 Å². The van der Waals surface area contributed by atoms with Gasteiger partial charge in [-0.25, -0.2) is 13.4 Å². The summed E-state index contributed by atoms with van der Waals surface area (Å²) < 4.78 is 30.4. The predicted octanol–water partition coefficient (Wildman–Crippen LogP) is 3.16. The van der Waals surface area contributed by atoms with Crippen molar-refractivity contribution in [3.63, 3.8) is 0 Å². The maximum atomic E-state index is 12.3. The number of rotatable bonds is 7. The number of pyridine rings is 1. The van der Waals surface area contributed by atoms with Crippen LogP contribution < -0.4 is 5.32 Å². The molecule has 0 unspecified atom stereocenters. The monoisotopic (exact) mass is 450 g/mol. The molecule has 1 N–H and O–H groups in total. The molecule has 0 saturated carbocycles. The van der Waals surface area contributed by atoms with Crippen molar-refractivity contribution in [2.45, 2.75) is 30.5 Å². The minimum atomic E-state index is -3.39. The van der Waals surface area contributed by atoms with Crippen LogP contribution in [0.4, 0.5) is 0 Å². The van der Waals surface area contributed by atoms with E-state index in [4.69, 9.17) is 4.42 Å². The quantitative estimate of drug-likeness (QED) is 0.452. The second-order valence-electron chi connectivity index (χ2n) is 7.40. The van der Waals surface area contributed by atoms with Gasteiger partial charge in [-0.05, 0) is 50.7 Å². The number of hydrogen-bond acceptors (Lipinski definition) is 9. The zero-order valence-electron chi connectivity index (χ0n) is 17.8. The lowest BCUT2D eigenvalue weighted by Gasteiger charge is -2.08. The fourth-order valence-electron chi connectivity index (χ4n) is 2.98. The van der Waals surface area contributed by atoms with E-state index in [9.17, 15) is 8.42 Å². The van der Waals surface area contributed by atoms with Crippen LogP contribution in [0.2, 0.25) is 0 Å². The molecule has 0 atom stereocenters. The lowest BCUT2D eigenvalue weighted by Crippen LogP contribution is -2.14. The van der Waals surface area contributed by atoms with Crippen molar-refractivity contribution < 1.29 is 12.8 Å². The van der Waals surface area contributed by atoms with Gasteiger partial charge in [0.25, 0.3) is 5.89 Å². The summed E-state index contributed by atoms with van der Waals surface area (Å²) in [5.74, 6) is 0.609. The van der Waals surface area contributed by atoms with Gasteiger partial charge in [0.05, 0.1) is 28.2 Å². The Morgan fingerprint density at radius 1 is 0.906 bits per heavy atom. The Kier molecular flexibility index (Phi) is 6.06. The Morgan fingerprint density at radius 3 is 2.28 bits per heavy atom. The summed E-state index contributed by atoms with van der Waals surface area (Å²) in [7, 11) is -1.50. The van der Waals surface area contributed by atoms with Gasteiger partial charge < -0.3 is 9.73 Å². The number of nitrogens with one attached hydrogen (secondary N) is 1. The van der Waals surface area contributed by atoms with E-state index in [0.29, 0.717) is 23.0 Å². The molecular weight excluding hydrogens is 428 g/mol. The van der Waals surface area contributed by atoms with Gasteiger partial charge in [-0.1, -0.05) is 12.1 Å². The molecular formula is C22H22N6O3S. The van der Waals surface area contributed by atoms with Crippen molar-refractivity contribution in [2.75, 3.05) is 7.05 Å². The Labute approximate surface area is 185 Å². The Hall–Kier alpha value is -3.50. The highest BCUT2D eigenvalue weighted by molar-refractivity contribution is 7.92. The third kappa shape index (κ3) is 4.41. The second kappa shape index (κ2) is 8.93. The van der Waals surface area contributed by atoms with Crippen LogP contribution in [-0.2, 0) is 16.4 Å². The number of nitrogens with zero attached hydrogens (tertiary/aromatic N) is 5. The summed E-state index contributed by atoms with van der Waals surface area (Å²) in [4.78, 5) is 13.1. The van der Waals surface area contributed by atoms with E-state index in [1.54, 1.807) is 26.1 Å². The molecule has 3 heterocycles. The van der Waals surface area contributed by atoms with Crippen LogP contribution >= 0.6 is 0 Å². The molecule has 0 aliphatic heterocycles. The van der Waals surface area contributed by atoms with E-state index in [1.165, 1.54) is 18.5 Å². The lowest BCUT2D eigenvalue weighted by molar-refractivity contribution is 0.581. The first-order valence-corrected chi connectivity index (χ1v) is 11.5. The van der Waals surface area contributed by atoms with E-state index in [0.717, 1.165) is 17.7 Å². The van der Waals surface area contributed by atoms with Crippen LogP contribution in [0.5, 0.6) is 0 Å². The first-order chi connectivity index (χ1) is 15.4. The van der Waals surface area contributed by atoms with Gasteiger partial charge in [0, 0.05) is 18.3 Å². The second-order valence-corrected chi connectivity index (χ2v) is 9.91. The highest BCUT2D eigenvalue weighted by atomic mass is 32.2. The molecule has 0 fully saturated rings. The molecule has 0 aliphatic rings. The molecule has 0 aliphatic carbocycles. The molecule has 10 heteroatoms. The molecule has 164 valence electrons. The van der Waals surface area contributed by atoms with Crippen molar-refractivity contribution in [1.29, 1.82) is 0 Å². The predicted molar refractivity (Wildman–Crippen MR) is 119 cm³/mol. The van der Waals surface area contributed by atoms with Gasteiger partial charge in [0.1, 0.15) is 11.4 Å². The van der Waals surface area contributed by atoms with E-state index in [-0.39, 0.29) is 10.8 Å². The highest BCUT2D eigenvalue weighted by Gasteiger charge is 2.20. The molecule has 9 nitrogen and oxygen atoms in total. The standard InChI is InChI=1S/C22H22N6O3S/c1-14(2)32(29,30)17-8-9-18(25-11-17)19-12-24-13-20(26-19)22-28-27-21(31-22)16-6-4-15(5-7-16)10-23-3/h4-9,11-14,23H,10H2,1-3H3. The molecule has 0 amide bonds. The van der Waals surface area contributed by atoms with Crippen molar-refractivity contribution in [2.24, 2.45) is 0 Å². The van der Waals surface area contributed by atoms with Crippen molar-refractivity contribution in [3.8, 4) is 34.4 Å². The van der Waals surface area contributed by atoms with Crippen LogP contribution in [0.1, 0.15) is 19.4 Å². The topological polar surface area (TPSA) is 124 Å². The summed E-state index contributed by atoms with van der Waals surface area (Å²) in [6.45, 7) is 4.04. The van der Waals surface area contributed by atoms with Gasteiger partial charge in [-0.15, -0.1) is 10.2 Å². The minimum Gasteiger partial charge on any atom is -0.415 e. The van der Waals surface area contributed by atoms with E-state index in [1.807, 2.05) is 31.3 Å². The van der Waals surface area contributed by atoms with Gasteiger partial charge in [-0.3, -0.25) is 9.97 Å². The smallest absolute Gasteiger partial charge is 0.268 e. The molecule has 0 spiro atoms. The fourth-order valence-corrected chi connectivity index (χ4v) is 3.98. The summed E-state index contributed by atoms with van der Waals surface area (Å²) in [5.41, 5.74) is 3.30. The van der Waals surface area contributed by atoms with Gasteiger partial charge in [0.2, 0.25) is 5.89 Å². The van der Waals surface area contributed by atoms with Crippen LogP contribution in [-0.4, -0.2) is 45.9 Å². The maximum Gasteiger partial charge on any atom is 0.268 e.